The number of aromatic amines is 2. The zero-order valence-corrected chi connectivity index (χ0v) is 16.6. The zero-order valence-electron chi connectivity index (χ0n) is 15.8. The van der Waals surface area contributed by atoms with Crippen LogP contribution in [0.1, 0.15) is 37.0 Å². The SMILES string of the molecule is CCC(CC)C(CNC(=O)c1cc(F)cc2[nH]c(=S)[nH]c12)N1CCOCC1. The summed E-state index contributed by atoms with van der Waals surface area (Å²) in [4.78, 5) is 21.0. The van der Waals surface area contributed by atoms with Crippen LogP contribution in [0.15, 0.2) is 12.1 Å². The second kappa shape index (κ2) is 8.95. The Hall–Kier alpha value is -1.77. The molecule has 3 N–H and O–H groups in total. The van der Waals surface area contributed by atoms with Crippen molar-refractivity contribution in [1.29, 1.82) is 0 Å². The summed E-state index contributed by atoms with van der Waals surface area (Å²) in [7, 11) is 0. The largest absolute Gasteiger partial charge is 0.379 e. The maximum atomic E-state index is 13.9. The maximum absolute atomic E-state index is 13.9. The molecule has 27 heavy (non-hydrogen) atoms. The predicted octanol–water partition coefficient (Wildman–Crippen LogP) is 3.23. The summed E-state index contributed by atoms with van der Waals surface area (Å²) in [5.74, 6) is -0.286. The number of H-pyrrole nitrogens is 2. The van der Waals surface area contributed by atoms with E-state index < -0.39 is 5.82 Å². The lowest BCUT2D eigenvalue weighted by atomic mass is 9.92. The van der Waals surface area contributed by atoms with Crippen LogP contribution in [-0.2, 0) is 4.74 Å². The summed E-state index contributed by atoms with van der Waals surface area (Å²) in [5, 5.41) is 3.02. The number of hydrogen-bond acceptors (Lipinski definition) is 4. The quantitative estimate of drug-likeness (QED) is 0.631. The molecule has 6 nitrogen and oxygen atoms in total. The Morgan fingerprint density at radius 2 is 2.00 bits per heavy atom. The van der Waals surface area contributed by atoms with E-state index in [0.717, 1.165) is 39.1 Å². The molecule has 1 unspecified atom stereocenters. The van der Waals surface area contributed by atoms with Crippen molar-refractivity contribution in [1.82, 2.24) is 20.2 Å². The van der Waals surface area contributed by atoms with Gasteiger partial charge in [0.05, 0.1) is 29.8 Å². The van der Waals surface area contributed by atoms with Gasteiger partial charge in [-0.25, -0.2) is 4.39 Å². The number of halogens is 1. The molecule has 0 radical (unpaired) electrons. The Kier molecular flexibility index (Phi) is 6.62. The van der Waals surface area contributed by atoms with Gasteiger partial charge >= 0.3 is 0 Å². The highest BCUT2D eigenvalue weighted by atomic mass is 32.1. The van der Waals surface area contributed by atoms with Gasteiger partial charge in [0.1, 0.15) is 5.82 Å². The van der Waals surface area contributed by atoms with Crippen LogP contribution in [0.25, 0.3) is 11.0 Å². The van der Waals surface area contributed by atoms with E-state index in [4.69, 9.17) is 17.0 Å². The molecule has 1 atom stereocenters. The van der Waals surface area contributed by atoms with Crippen molar-refractivity contribution < 1.29 is 13.9 Å². The number of aromatic nitrogens is 2. The van der Waals surface area contributed by atoms with Crippen LogP contribution in [-0.4, -0.2) is 59.7 Å². The van der Waals surface area contributed by atoms with Gasteiger partial charge in [0.15, 0.2) is 4.77 Å². The number of carbonyl (C=O) groups is 1. The first-order valence-corrected chi connectivity index (χ1v) is 9.95. The first-order chi connectivity index (χ1) is 13.0. The monoisotopic (exact) mass is 394 g/mol. The third kappa shape index (κ3) is 4.56. The van der Waals surface area contributed by atoms with Gasteiger partial charge < -0.3 is 20.0 Å². The second-order valence-corrected chi connectivity index (χ2v) is 7.37. The van der Waals surface area contributed by atoms with Gasteiger partial charge in [0.25, 0.3) is 5.91 Å². The molecule has 1 fully saturated rings. The molecule has 1 aliphatic rings. The zero-order chi connectivity index (χ0) is 19.4. The molecule has 0 saturated carbocycles. The van der Waals surface area contributed by atoms with E-state index >= 15 is 0 Å². The van der Waals surface area contributed by atoms with Crippen molar-refractivity contribution in [2.75, 3.05) is 32.8 Å². The van der Waals surface area contributed by atoms with Gasteiger partial charge in [-0.3, -0.25) is 9.69 Å². The van der Waals surface area contributed by atoms with E-state index in [1.54, 1.807) is 0 Å². The van der Waals surface area contributed by atoms with Crippen molar-refractivity contribution >= 4 is 29.2 Å². The first-order valence-electron chi connectivity index (χ1n) is 9.55. The van der Waals surface area contributed by atoms with Crippen molar-refractivity contribution in [2.24, 2.45) is 5.92 Å². The summed E-state index contributed by atoms with van der Waals surface area (Å²) in [6.45, 7) is 8.05. The van der Waals surface area contributed by atoms with Gasteiger partial charge in [0.2, 0.25) is 0 Å². The van der Waals surface area contributed by atoms with E-state index in [1.165, 1.54) is 12.1 Å². The summed E-state index contributed by atoms with van der Waals surface area (Å²) < 4.78 is 19.8. The van der Waals surface area contributed by atoms with Crippen LogP contribution in [0.2, 0.25) is 0 Å². The van der Waals surface area contributed by atoms with E-state index in [9.17, 15) is 9.18 Å². The van der Waals surface area contributed by atoms with Crippen molar-refractivity contribution in [3.05, 3.63) is 28.3 Å². The molecule has 1 aromatic carbocycles. The Morgan fingerprint density at radius 3 is 2.67 bits per heavy atom. The van der Waals surface area contributed by atoms with Crippen LogP contribution >= 0.6 is 12.2 Å². The fraction of sp³-hybridized carbons (Fsp3) is 0.579. The molecule has 8 heteroatoms. The molecule has 0 bridgehead atoms. The number of carbonyl (C=O) groups excluding carboxylic acids is 1. The highest BCUT2D eigenvalue weighted by Gasteiger charge is 2.27. The topological polar surface area (TPSA) is 73.2 Å². The number of imidazole rings is 1. The summed E-state index contributed by atoms with van der Waals surface area (Å²) in [6, 6.07) is 2.82. The van der Waals surface area contributed by atoms with Crippen LogP contribution in [0.5, 0.6) is 0 Å². The lowest BCUT2D eigenvalue weighted by Crippen LogP contribution is -2.52. The van der Waals surface area contributed by atoms with E-state index in [2.05, 4.69) is 34.0 Å². The Balaban J connectivity index is 1.78. The molecule has 0 spiro atoms. The lowest BCUT2D eigenvalue weighted by Gasteiger charge is -2.38. The molecule has 1 saturated heterocycles. The normalized spacial score (nSPS) is 16.7. The van der Waals surface area contributed by atoms with Crippen molar-refractivity contribution in [3.63, 3.8) is 0 Å². The Bertz CT molecular complexity index is 840. The molecule has 1 amide bonds. The first kappa shape index (κ1) is 20.0. The Labute approximate surface area is 163 Å². The standard InChI is InChI=1S/C19H27FN4O2S/c1-3-12(4-2)16(24-5-7-26-8-6-24)11-21-18(25)14-9-13(20)10-15-17(14)23-19(27)22-15/h9-10,12,16H,3-8,11H2,1-2H3,(H,21,25)(H2,22,23,27). The number of amides is 1. The molecular weight excluding hydrogens is 367 g/mol. The number of nitrogens with one attached hydrogen (secondary N) is 3. The van der Waals surface area contributed by atoms with E-state index in [0.29, 0.717) is 28.3 Å². The van der Waals surface area contributed by atoms with Gasteiger partial charge in [-0.15, -0.1) is 0 Å². The van der Waals surface area contributed by atoms with Crippen molar-refractivity contribution in [3.8, 4) is 0 Å². The highest BCUT2D eigenvalue weighted by Crippen LogP contribution is 2.21. The smallest absolute Gasteiger partial charge is 0.253 e. The number of morpholine rings is 1. The fourth-order valence-electron chi connectivity index (χ4n) is 3.91. The van der Waals surface area contributed by atoms with Crippen LogP contribution in [0.3, 0.4) is 0 Å². The minimum Gasteiger partial charge on any atom is -0.379 e. The number of nitrogens with zero attached hydrogens (tertiary/aromatic N) is 1. The maximum Gasteiger partial charge on any atom is 0.253 e. The molecule has 0 aliphatic carbocycles. The molecule has 1 aromatic heterocycles. The minimum absolute atomic E-state index is 0.238. The molecule has 1 aliphatic heterocycles. The van der Waals surface area contributed by atoms with Gasteiger partial charge in [-0.1, -0.05) is 26.7 Å². The lowest BCUT2D eigenvalue weighted by molar-refractivity contribution is 0.00191. The molecular formula is C19H27FN4O2S. The number of rotatable bonds is 7. The minimum atomic E-state index is -0.470. The summed E-state index contributed by atoms with van der Waals surface area (Å²) >= 11 is 5.08. The van der Waals surface area contributed by atoms with E-state index in [-0.39, 0.29) is 17.5 Å². The van der Waals surface area contributed by atoms with Crippen LogP contribution < -0.4 is 5.32 Å². The summed E-state index contributed by atoms with van der Waals surface area (Å²) in [5.41, 5.74) is 1.29. The van der Waals surface area contributed by atoms with E-state index in [1.807, 2.05) is 0 Å². The third-order valence-corrected chi connectivity index (χ3v) is 5.62. The Morgan fingerprint density at radius 1 is 1.30 bits per heavy atom. The number of benzene rings is 1. The predicted molar refractivity (Wildman–Crippen MR) is 106 cm³/mol. The highest BCUT2D eigenvalue weighted by molar-refractivity contribution is 7.71. The van der Waals surface area contributed by atoms with Gasteiger partial charge in [0, 0.05) is 25.7 Å². The number of ether oxygens (including phenoxy) is 1. The second-order valence-electron chi connectivity index (χ2n) is 6.96. The molecule has 2 aromatic rings. The third-order valence-electron chi connectivity index (χ3n) is 5.41. The van der Waals surface area contributed by atoms with Crippen molar-refractivity contribution in [2.45, 2.75) is 32.7 Å². The average Bonchev–Trinajstić information content (AvgIpc) is 3.04. The van der Waals surface area contributed by atoms with Crippen LogP contribution in [0, 0.1) is 16.5 Å². The number of hydrogen-bond donors (Lipinski definition) is 3. The molecule has 148 valence electrons. The summed E-state index contributed by atoms with van der Waals surface area (Å²) in [6.07, 6.45) is 2.09. The average molecular weight is 395 g/mol. The molecule has 3 rings (SSSR count). The van der Waals surface area contributed by atoms with Crippen LogP contribution in [0.4, 0.5) is 4.39 Å². The molecule has 2 heterocycles. The van der Waals surface area contributed by atoms with Gasteiger partial charge in [-0.05, 0) is 30.3 Å². The van der Waals surface area contributed by atoms with Gasteiger partial charge in [-0.2, -0.15) is 0 Å². The number of fused-ring (bicyclic) bond motifs is 1. The fourth-order valence-corrected chi connectivity index (χ4v) is 4.13.